The molecule has 0 spiro atoms. The fourth-order valence-corrected chi connectivity index (χ4v) is 2.98. The van der Waals surface area contributed by atoms with E-state index < -0.39 is 5.60 Å². The summed E-state index contributed by atoms with van der Waals surface area (Å²) in [6, 6.07) is 11.4. The SMILES string of the molecule is CC1(C)Oc2ccc(N)nc2N(CCOc2ccc(C(C)(C)C)cc2)C1=O. The van der Waals surface area contributed by atoms with Gasteiger partial charge in [-0.25, -0.2) is 4.98 Å². The van der Waals surface area contributed by atoms with Gasteiger partial charge in [0.15, 0.2) is 17.2 Å². The highest BCUT2D eigenvalue weighted by atomic mass is 16.5. The highest BCUT2D eigenvalue weighted by Crippen LogP contribution is 2.36. The van der Waals surface area contributed by atoms with Crippen LogP contribution in [0, 0.1) is 0 Å². The van der Waals surface area contributed by atoms with Gasteiger partial charge in [-0.1, -0.05) is 32.9 Å². The molecule has 1 amide bonds. The Kier molecular flexibility index (Phi) is 4.76. The molecule has 0 fully saturated rings. The van der Waals surface area contributed by atoms with Crippen LogP contribution < -0.4 is 20.1 Å². The first-order valence-electron chi connectivity index (χ1n) is 9.09. The van der Waals surface area contributed by atoms with Crippen molar-refractivity contribution < 1.29 is 14.3 Å². The normalized spacial score (nSPS) is 15.9. The smallest absolute Gasteiger partial charge is 0.271 e. The number of nitrogen functional groups attached to an aromatic ring is 1. The molecule has 0 atom stereocenters. The van der Waals surface area contributed by atoms with Crippen LogP contribution in [-0.4, -0.2) is 29.6 Å². The molecule has 0 saturated carbocycles. The summed E-state index contributed by atoms with van der Waals surface area (Å²) >= 11 is 0. The molecule has 0 bridgehead atoms. The van der Waals surface area contributed by atoms with E-state index in [1.54, 1.807) is 30.9 Å². The Hall–Kier alpha value is -2.76. The third-order valence-corrected chi connectivity index (χ3v) is 4.55. The third-order valence-electron chi connectivity index (χ3n) is 4.55. The van der Waals surface area contributed by atoms with Gasteiger partial charge in [-0.2, -0.15) is 0 Å². The van der Waals surface area contributed by atoms with Crippen molar-refractivity contribution in [3.8, 4) is 11.5 Å². The lowest BCUT2D eigenvalue weighted by Crippen LogP contribution is -2.53. The fraction of sp³-hybridized carbons (Fsp3) is 0.429. The van der Waals surface area contributed by atoms with E-state index in [2.05, 4.69) is 37.9 Å². The Balaban J connectivity index is 1.72. The lowest BCUT2D eigenvalue weighted by atomic mass is 9.87. The minimum absolute atomic E-state index is 0.0969. The molecule has 0 saturated heterocycles. The number of pyridine rings is 1. The maximum atomic E-state index is 12.8. The van der Waals surface area contributed by atoms with Gasteiger partial charge in [0.2, 0.25) is 0 Å². The lowest BCUT2D eigenvalue weighted by molar-refractivity contribution is -0.132. The number of aromatic nitrogens is 1. The van der Waals surface area contributed by atoms with Crippen molar-refractivity contribution in [1.29, 1.82) is 0 Å². The first kappa shape index (κ1) is 19.0. The van der Waals surface area contributed by atoms with E-state index >= 15 is 0 Å². The number of ether oxygens (including phenoxy) is 2. The topological polar surface area (TPSA) is 77.7 Å². The van der Waals surface area contributed by atoms with Gasteiger partial charge < -0.3 is 15.2 Å². The number of fused-ring (bicyclic) bond motifs is 1. The molecule has 144 valence electrons. The zero-order valence-electron chi connectivity index (χ0n) is 16.6. The number of hydrogen-bond donors (Lipinski definition) is 1. The number of carbonyl (C=O) groups excluding carboxylic acids is 1. The second-order valence-corrected chi connectivity index (χ2v) is 8.25. The predicted octanol–water partition coefficient (Wildman–Crippen LogP) is 3.54. The van der Waals surface area contributed by atoms with Crippen molar-refractivity contribution in [1.82, 2.24) is 4.98 Å². The van der Waals surface area contributed by atoms with Crippen LogP contribution in [0.1, 0.15) is 40.2 Å². The largest absolute Gasteiger partial charge is 0.492 e. The molecular formula is C21H27N3O3. The third kappa shape index (κ3) is 3.99. The average molecular weight is 369 g/mol. The molecule has 2 aromatic rings. The number of rotatable bonds is 4. The van der Waals surface area contributed by atoms with Gasteiger partial charge in [-0.05, 0) is 49.1 Å². The number of anilines is 2. The van der Waals surface area contributed by atoms with E-state index in [9.17, 15) is 4.79 Å². The van der Waals surface area contributed by atoms with Gasteiger partial charge >= 0.3 is 0 Å². The van der Waals surface area contributed by atoms with Crippen molar-refractivity contribution in [3.63, 3.8) is 0 Å². The van der Waals surface area contributed by atoms with Crippen molar-refractivity contribution in [2.45, 2.75) is 45.6 Å². The monoisotopic (exact) mass is 369 g/mol. The fourth-order valence-electron chi connectivity index (χ4n) is 2.98. The van der Waals surface area contributed by atoms with Gasteiger partial charge in [-0.15, -0.1) is 0 Å². The van der Waals surface area contributed by atoms with Crippen LogP contribution >= 0.6 is 0 Å². The Labute approximate surface area is 160 Å². The van der Waals surface area contributed by atoms with Gasteiger partial charge in [0.25, 0.3) is 5.91 Å². The zero-order chi connectivity index (χ0) is 19.8. The van der Waals surface area contributed by atoms with Crippen molar-refractivity contribution in [2.24, 2.45) is 0 Å². The predicted molar refractivity (Wildman–Crippen MR) is 106 cm³/mol. The summed E-state index contributed by atoms with van der Waals surface area (Å²) < 4.78 is 11.6. The molecule has 1 aromatic carbocycles. The van der Waals surface area contributed by atoms with Crippen LogP contribution in [-0.2, 0) is 10.2 Å². The molecule has 27 heavy (non-hydrogen) atoms. The van der Waals surface area contributed by atoms with Crippen LogP contribution in [0.4, 0.5) is 11.6 Å². The van der Waals surface area contributed by atoms with Gasteiger partial charge in [0, 0.05) is 0 Å². The van der Waals surface area contributed by atoms with E-state index in [1.807, 2.05) is 12.1 Å². The minimum atomic E-state index is -0.959. The van der Waals surface area contributed by atoms with Crippen molar-refractivity contribution in [3.05, 3.63) is 42.0 Å². The van der Waals surface area contributed by atoms with E-state index in [0.29, 0.717) is 30.5 Å². The van der Waals surface area contributed by atoms with E-state index in [0.717, 1.165) is 5.75 Å². The first-order valence-corrected chi connectivity index (χ1v) is 9.09. The molecule has 1 aromatic heterocycles. The number of nitrogens with zero attached hydrogens (tertiary/aromatic N) is 2. The highest BCUT2D eigenvalue weighted by Gasteiger charge is 2.41. The second kappa shape index (κ2) is 6.76. The molecule has 6 heteroatoms. The first-order chi connectivity index (χ1) is 12.6. The summed E-state index contributed by atoms with van der Waals surface area (Å²) in [7, 11) is 0. The maximum absolute atomic E-state index is 12.8. The standard InChI is InChI=1S/C21H27N3O3/c1-20(2,3)14-6-8-15(9-7-14)26-13-12-24-18-16(10-11-17(22)23-18)27-21(4,5)19(24)25/h6-11H,12-13H2,1-5H3,(H2,22,23). The number of benzene rings is 1. The zero-order valence-corrected chi connectivity index (χ0v) is 16.6. The maximum Gasteiger partial charge on any atom is 0.271 e. The number of hydrogen-bond acceptors (Lipinski definition) is 5. The van der Waals surface area contributed by atoms with Gasteiger partial charge in [-0.3, -0.25) is 9.69 Å². The molecule has 0 radical (unpaired) electrons. The number of nitrogens with two attached hydrogens (primary N) is 1. The summed E-state index contributed by atoms with van der Waals surface area (Å²) in [6.45, 7) is 10.7. The highest BCUT2D eigenvalue weighted by molar-refractivity contribution is 6.01. The molecule has 2 N–H and O–H groups in total. The Bertz CT molecular complexity index is 839. The summed E-state index contributed by atoms with van der Waals surface area (Å²) in [5.74, 6) is 1.92. The molecule has 0 aliphatic carbocycles. The van der Waals surface area contributed by atoms with E-state index in [4.69, 9.17) is 15.2 Å². The molecular weight excluding hydrogens is 342 g/mol. The van der Waals surface area contributed by atoms with Crippen LogP contribution in [0.2, 0.25) is 0 Å². The van der Waals surface area contributed by atoms with Gasteiger partial charge in [0.1, 0.15) is 18.2 Å². The van der Waals surface area contributed by atoms with Crippen molar-refractivity contribution >= 4 is 17.5 Å². The average Bonchev–Trinajstić information content (AvgIpc) is 2.58. The summed E-state index contributed by atoms with van der Waals surface area (Å²) in [5, 5.41) is 0. The Morgan fingerprint density at radius 2 is 1.81 bits per heavy atom. The molecule has 1 aliphatic rings. The Morgan fingerprint density at radius 1 is 1.15 bits per heavy atom. The van der Waals surface area contributed by atoms with Gasteiger partial charge in [0.05, 0.1) is 6.54 Å². The quantitative estimate of drug-likeness (QED) is 0.892. The molecule has 2 heterocycles. The molecule has 1 aliphatic heterocycles. The van der Waals surface area contributed by atoms with E-state index in [1.165, 1.54) is 5.56 Å². The summed E-state index contributed by atoms with van der Waals surface area (Å²) in [4.78, 5) is 18.6. The van der Waals surface area contributed by atoms with Crippen molar-refractivity contribution in [2.75, 3.05) is 23.8 Å². The second-order valence-electron chi connectivity index (χ2n) is 8.25. The molecule has 3 rings (SSSR count). The Morgan fingerprint density at radius 3 is 2.44 bits per heavy atom. The number of amides is 1. The van der Waals surface area contributed by atoms with Crippen LogP contribution in [0.25, 0.3) is 0 Å². The minimum Gasteiger partial charge on any atom is -0.492 e. The van der Waals surface area contributed by atoms with Crippen LogP contribution in [0.5, 0.6) is 11.5 Å². The molecule has 6 nitrogen and oxygen atoms in total. The van der Waals surface area contributed by atoms with Crippen LogP contribution in [0.15, 0.2) is 36.4 Å². The lowest BCUT2D eigenvalue weighted by Gasteiger charge is -2.37. The summed E-state index contributed by atoms with van der Waals surface area (Å²) in [5.41, 5.74) is 6.17. The van der Waals surface area contributed by atoms with E-state index in [-0.39, 0.29) is 11.3 Å². The summed E-state index contributed by atoms with van der Waals surface area (Å²) in [6.07, 6.45) is 0. The van der Waals surface area contributed by atoms with Crippen LogP contribution in [0.3, 0.4) is 0 Å². The number of carbonyl (C=O) groups is 1. The molecule has 0 unspecified atom stereocenters.